The van der Waals surface area contributed by atoms with Crippen LogP contribution in [0.4, 0.5) is 0 Å². The van der Waals surface area contributed by atoms with E-state index in [-0.39, 0.29) is 0 Å². The molecule has 0 saturated carbocycles. The number of hydrogen-bond donors (Lipinski definition) is 0. The highest BCUT2D eigenvalue weighted by atomic mass is 127. The zero-order valence-corrected chi connectivity index (χ0v) is 16.2. The van der Waals surface area contributed by atoms with E-state index in [4.69, 9.17) is 0 Å². The molecule has 2 aromatic carbocycles. The third kappa shape index (κ3) is 5.11. The van der Waals surface area contributed by atoms with Crippen molar-refractivity contribution < 1.29 is 0 Å². The largest absolute Gasteiger partial charge is 0.0857 e. The second-order valence-electron chi connectivity index (χ2n) is 6.48. The van der Waals surface area contributed by atoms with Gasteiger partial charge in [0.25, 0.3) is 0 Å². The average molecular weight is 406 g/mol. The van der Waals surface area contributed by atoms with Gasteiger partial charge in [-0.25, -0.2) is 0 Å². The summed E-state index contributed by atoms with van der Waals surface area (Å²) in [5, 5.41) is 0. The summed E-state index contributed by atoms with van der Waals surface area (Å²) < 4.78 is 0.741. The van der Waals surface area contributed by atoms with Crippen molar-refractivity contribution in [1.82, 2.24) is 0 Å². The van der Waals surface area contributed by atoms with Crippen molar-refractivity contribution in [1.29, 1.82) is 0 Å². The van der Waals surface area contributed by atoms with Gasteiger partial charge in [-0.3, -0.25) is 0 Å². The Balaban J connectivity index is 2.34. The van der Waals surface area contributed by atoms with Crippen LogP contribution in [0, 0.1) is 0 Å². The molecule has 0 saturated heterocycles. The van der Waals surface area contributed by atoms with Gasteiger partial charge < -0.3 is 0 Å². The monoisotopic (exact) mass is 406 g/mol. The Hall–Kier alpha value is -0.873. The first-order chi connectivity index (χ1) is 9.97. The van der Waals surface area contributed by atoms with Gasteiger partial charge in [0.1, 0.15) is 0 Å². The maximum absolute atomic E-state index is 2.65. The summed E-state index contributed by atoms with van der Waals surface area (Å²) in [5.41, 5.74) is 4.08. The minimum atomic E-state index is -1.13. The summed E-state index contributed by atoms with van der Waals surface area (Å²) in [6.07, 6.45) is 3.50. The highest BCUT2D eigenvalue weighted by molar-refractivity contribution is 14.1. The standard InChI is InChI=1S/C19H23ISi/c1-21(2,3)19(20)15-18(17-12-8-5-9-13-17)14-16-10-6-4-7-11-16/h4-14,19H,15H2,1-3H3/b18-14+. The van der Waals surface area contributed by atoms with Crippen LogP contribution in [0.15, 0.2) is 60.7 Å². The fraction of sp³-hybridized carbons (Fsp3) is 0.263. The van der Waals surface area contributed by atoms with Gasteiger partial charge in [0.15, 0.2) is 0 Å². The van der Waals surface area contributed by atoms with Crippen molar-refractivity contribution in [3.63, 3.8) is 0 Å². The molecule has 0 amide bonds. The summed E-state index contributed by atoms with van der Waals surface area (Å²) in [4.78, 5) is 0. The Morgan fingerprint density at radius 1 is 0.952 bits per heavy atom. The molecule has 0 aliphatic rings. The van der Waals surface area contributed by atoms with Gasteiger partial charge in [-0.15, -0.1) is 0 Å². The molecule has 0 aromatic heterocycles. The molecule has 0 bridgehead atoms. The Kier molecular flexibility index (Phi) is 5.82. The molecular weight excluding hydrogens is 383 g/mol. The van der Waals surface area contributed by atoms with Crippen molar-refractivity contribution in [2.45, 2.75) is 29.6 Å². The highest BCUT2D eigenvalue weighted by Gasteiger charge is 2.25. The molecule has 0 N–H and O–H groups in total. The van der Waals surface area contributed by atoms with Crippen LogP contribution in [-0.4, -0.2) is 11.6 Å². The van der Waals surface area contributed by atoms with Crippen LogP contribution in [0.5, 0.6) is 0 Å². The van der Waals surface area contributed by atoms with Crippen molar-refractivity contribution in [2.24, 2.45) is 0 Å². The lowest BCUT2D eigenvalue weighted by Gasteiger charge is -2.25. The van der Waals surface area contributed by atoms with Crippen LogP contribution in [0.1, 0.15) is 17.5 Å². The van der Waals surface area contributed by atoms with Crippen molar-refractivity contribution in [3.05, 3.63) is 71.8 Å². The van der Waals surface area contributed by atoms with E-state index in [1.54, 1.807) is 0 Å². The number of benzene rings is 2. The van der Waals surface area contributed by atoms with Crippen molar-refractivity contribution >= 4 is 42.3 Å². The summed E-state index contributed by atoms with van der Waals surface area (Å²) >= 11 is 2.65. The summed E-state index contributed by atoms with van der Waals surface area (Å²) in [5.74, 6) is 0. The third-order valence-corrected chi connectivity index (χ3v) is 11.8. The second kappa shape index (κ2) is 7.41. The van der Waals surface area contributed by atoms with E-state index in [2.05, 4.69) is 109 Å². The molecule has 0 heterocycles. The van der Waals surface area contributed by atoms with Crippen LogP contribution in [0.3, 0.4) is 0 Å². The quantitative estimate of drug-likeness (QED) is 0.237. The normalized spacial score (nSPS) is 14.0. The smallest absolute Gasteiger partial charge is 0.0589 e. The molecule has 0 fully saturated rings. The number of hydrogen-bond acceptors (Lipinski definition) is 0. The minimum absolute atomic E-state index is 0.741. The van der Waals surface area contributed by atoms with Gasteiger partial charge in [-0.2, -0.15) is 0 Å². The zero-order chi connectivity index (χ0) is 15.3. The Labute approximate surface area is 143 Å². The van der Waals surface area contributed by atoms with E-state index in [0.29, 0.717) is 0 Å². The fourth-order valence-corrected chi connectivity index (χ4v) is 3.47. The Bertz CT molecular complexity index is 582. The molecule has 110 valence electrons. The predicted molar refractivity (Wildman–Crippen MR) is 107 cm³/mol. The van der Waals surface area contributed by atoms with E-state index in [1.807, 2.05) is 0 Å². The fourth-order valence-electron chi connectivity index (χ4n) is 2.16. The van der Waals surface area contributed by atoms with Gasteiger partial charge in [0.05, 0.1) is 8.07 Å². The lowest BCUT2D eigenvalue weighted by Crippen LogP contribution is -2.33. The average Bonchev–Trinajstić information content (AvgIpc) is 2.47. The van der Waals surface area contributed by atoms with E-state index in [1.165, 1.54) is 16.7 Å². The van der Waals surface area contributed by atoms with Crippen LogP contribution in [0.2, 0.25) is 19.6 Å². The topological polar surface area (TPSA) is 0 Å². The number of halogens is 1. The number of allylic oxidation sites excluding steroid dienone is 1. The summed E-state index contributed by atoms with van der Waals surface area (Å²) in [6.45, 7) is 7.36. The van der Waals surface area contributed by atoms with Crippen LogP contribution >= 0.6 is 22.6 Å². The van der Waals surface area contributed by atoms with Crippen LogP contribution in [-0.2, 0) is 0 Å². The van der Waals surface area contributed by atoms with E-state index >= 15 is 0 Å². The SMILES string of the molecule is C[Si](C)(C)C(I)C/C(=C\c1ccccc1)c1ccccc1. The predicted octanol–water partition coefficient (Wildman–Crippen LogP) is 6.30. The molecule has 2 aromatic rings. The van der Waals surface area contributed by atoms with Gasteiger partial charge in [-0.1, -0.05) is 109 Å². The van der Waals surface area contributed by atoms with Gasteiger partial charge in [-0.05, 0) is 23.1 Å². The molecule has 0 aliphatic carbocycles. The third-order valence-electron chi connectivity index (χ3n) is 3.62. The molecule has 0 nitrogen and oxygen atoms in total. The molecule has 1 unspecified atom stereocenters. The molecule has 0 radical (unpaired) electrons. The van der Waals surface area contributed by atoms with Gasteiger partial charge in [0.2, 0.25) is 0 Å². The molecule has 0 spiro atoms. The van der Waals surface area contributed by atoms with E-state index in [0.717, 1.165) is 9.97 Å². The maximum atomic E-state index is 2.65. The summed E-state index contributed by atoms with van der Waals surface area (Å²) in [7, 11) is -1.13. The first-order valence-electron chi connectivity index (χ1n) is 7.42. The number of alkyl halides is 1. The van der Waals surface area contributed by atoms with Crippen LogP contribution < -0.4 is 0 Å². The molecule has 2 heteroatoms. The van der Waals surface area contributed by atoms with Gasteiger partial charge in [0, 0.05) is 3.55 Å². The Morgan fingerprint density at radius 3 is 2.00 bits per heavy atom. The highest BCUT2D eigenvalue weighted by Crippen LogP contribution is 2.30. The van der Waals surface area contributed by atoms with E-state index in [9.17, 15) is 0 Å². The van der Waals surface area contributed by atoms with Crippen LogP contribution in [0.25, 0.3) is 11.6 Å². The minimum Gasteiger partial charge on any atom is -0.0857 e. The lowest BCUT2D eigenvalue weighted by molar-refractivity contribution is 1.17. The summed E-state index contributed by atoms with van der Waals surface area (Å²) in [6, 6.07) is 21.4. The van der Waals surface area contributed by atoms with Crippen molar-refractivity contribution in [2.75, 3.05) is 0 Å². The van der Waals surface area contributed by atoms with Crippen molar-refractivity contribution in [3.8, 4) is 0 Å². The zero-order valence-electron chi connectivity index (χ0n) is 13.0. The van der Waals surface area contributed by atoms with E-state index < -0.39 is 8.07 Å². The Morgan fingerprint density at radius 2 is 1.48 bits per heavy atom. The molecule has 0 aliphatic heterocycles. The molecule has 2 rings (SSSR count). The lowest BCUT2D eigenvalue weighted by atomic mass is 10.0. The second-order valence-corrected chi connectivity index (χ2v) is 14.6. The molecule has 1 atom stereocenters. The molecule has 21 heavy (non-hydrogen) atoms. The maximum Gasteiger partial charge on any atom is 0.0589 e. The number of rotatable bonds is 5. The van der Waals surface area contributed by atoms with Gasteiger partial charge >= 0.3 is 0 Å². The first kappa shape index (κ1) is 16.5. The molecular formula is C19H23ISi. The first-order valence-corrected chi connectivity index (χ1v) is 12.2.